The number of hydrogen-bond donors (Lipinski definition) is 2. The molecule has 0 aliphatic rings. The van der Waals surface area contributed by atoms with E-state index < -0.39 is 21.7 Å². The molecule has 0 bridgehead atoms. The van der Waals surface area contributed by atoms with Crippen molar-refractivity contribution in [3.8, 4) is 0 Å². The molecule has 1 amide bonds. The number of hydrazine groups is 2. The Hall–Kier alpha value is -2.28. The molecule has 0 aliphatic heterocycles. The molecule has 0 unspecified atom stereocenters. The summed E-state index contributed by atoms with van der Waals surface area (Å²) in [5.74, 6) is -0.930. The van der Waals surface area contributed by atoms with Gasteiger partial charge in [-0.1, -0.05) is 24.4 Å². The van der Waals surface area contributed by atoms with Gasteiger partial charge in [0.1, 0.15) is 5.75 Å². The van der Waals surface area contributed by atoms with Crippen LogP contribution in [0.25, 0.3) is 0 Å². The van der Waals surface area contributed by atoms with Crippen molar-refractivity contribution in [2.45, 2.75) is 0 Å². The lowest BCUT2D eigenvalue weighted by Crippen LogP contribution is -2.49. The van der Waals surface area contributed by atoms with Crippen LogP contribution in [0.15, 0.2) is 45.6 Å². The van der Waals surface area contributed by atoms with Gasteiger partial charge in [-0.3, -0.25) is 20.2 Å². The summed E-state index contributed by atoms with van der Waals surface area (Å²) >= 11 is 10.2. The first-order valence-electron chi connectivity index (χ1n) is 7.12. The van der Waals surface area contributed by atoms with Gasteiger partial charge >= 0.3 is 0 Å². The van der Waals surface area contributed by atoms with Crippen molar-refractivity contribution in [1.29, 1.82) is 0 Å². The minimum atomic E-state index is -4.00. The molecule has 0 aromatic carbocycles. The quantitative estimate of drug-likeness (QED) is 0.518. The molecule has 26 heavy (non-hydrogen) atoms. The fraction of sp³-hybridized carbons (Fsp3) is 0.214. The van der Waals surface area contributed by atoms with Crippen LogP contribution in [-0.4, -0.2) is 54.2 Å². The predicted molar refractivity (Wildman–Crippen MR) is 101 cm³/mol. The summed E-state index contributed by atoms with van der Waals surface area (Å²) in [4.78, 5) is 14.5. The summed E-state index contributed by atoms with van der Waals surface area (Å²) in [6.45, 7) is 0. The molecule has 12 heteroatoms. The van der Waals surface area contributed by atoms with Crippen molar-refractivity contribution in [3.63, 3.8) is 0 Å². The largest absolute Gasteiger partial charge is 0.462 e. The summed E-state index contributed by atoms with van der Waals surface area (Å²) in [5, 5.41) is 2.27. The third-order valence-corrected chi connectivity index (χ3v) is 5.11. The predicted octanol–water partition coefficient (Wildman–Crippen LogP) is 0.653. The average Bonchev–Trinajstić information content (AvgIpc) is 3.25. The Kier molecular flexibility index (Phi) is 6.47. The molecule has 2 heterocycles. The van der Waals surface area contributed by atoms with Gasteiger partial charge in [0.25, 0.3) is 5.91 Å². The van der Waals surface area contributed by atoms with Gasteiger partial charge in [0.2, 0.25) is 10.0 Å². The molecule has 0 saturated heterocycles. The van der Waals surface area contributed by atoms with Crippen LogP contribution >= 0.6 is 24.4 Å². The number of carbonyl (C=O) groups excluding carboxylic acids is 1. The zero-order valence-electron chi connectivity index (χ0n) is 13.8. The number of nitrogens with zero attached hydrogens (tertiary/aromatic N) is 2. The standard InChI is InChI=1S/C14H16N4O5S3/c1-17(13(24)10-5-3-7-22-10)15-12(19)9-26(20,21)16-18(2)14(25)11-6-4-8-23-11/h3-8,16H,9H2,1-2H3,(H,15,19). The smallest absolute Gasteiger partial charge is 0.255 e. The van der Waals surface area contributed by atoms with Crippen molar-refractivity contribution in [2.75, 3.05) is 19.8 Å². The van der Waals surface area contributed by atoms with Crippen molar-refractivity contribution in [3.05, 3.63) is 48.3 Å². The van der Waals surface area contributed by atoms with Crippen LogP contribution in [0.3, 0.4) is 0 Å². The second kappa shape index (κ2) is 8.40. The van der Waals surface area contributed by atoms with Crippen LogP contribution in [-0.2, 0) is 14.8 Å². The number of rotatable bonds is 6. The Morgan fingerprint density at radius 3 is 2.00 bits per heavy atom. The zero-order valence-corrected chi connectivity index (χ0v) is 16.3. The van der Waals surface area contributed by atoms with Crippen LogP contribution in [0.4, 0.5) is 0 Å². The maximum atomic E-state index is 12.1. The van der Waals surface area contributed by atoms with Gasteiger partial charge in [0.05, 0.1) is 12.5 Å². The summed E-state index contributed by atoms with van der Waals surface area (Å²) in [7, 11) is -1.13. The van der Waals surface area contributed by atoms with Gasteiger partial charge in [-0.05, 0) is 24.3 Å². The van der Waals surface area contributed by atoms with Crippen LogP contribution in [0.2, 0.25) is 0 Å². The van der Waals surface area contributed by atoms with Crippen LogP contribution < -0.4 is 10.3 Å². The van der Waals surface area contributed by atoms with E-state index in [1.165, 1.54) is 31.6 Å². The number of sulfonamides is 1. The molecule has 0 fully saturated rings. The van der Waals surface area contributed by atoms with Crippen LogP contribution in [0.5, 0.6) is 0 Å². The van der Waals surface area contributed by atoms with Gasteiger partial charge in [-0.2, -0.15) is 0 Å². The van der Waals surface area contributed by atoms with Crippen molar-refractivity contribution in [1.82, 2.24) is 20.3 Å². The second-order valence-corrected chi connectivity index (χ2v) is 7.54. The molecule has 140 valence electrons. The first kappa shape index (κ1) is 20.0. The Labute approximate surface area is 160 Å². The Morgan fingerprint density at radius 2 is 1.54 bits per heavy atom. The van der Waals surface area contributed by atoms with E-state index in [1.807, 2.05) is 0 Å². The Bertz CT molecular complexity index is 878. The lowest BCUT2D eigenvalue weighted by Gasteiger charge is -2.21. The molecule has 0 aliphatic carbocycles. The third kappa shape index (κ3) is 5.36. The van der Waals surface area contributed by atoms with Crippen LogP contribution in [0, 0.1) is 0 Å². The maximum Gasteiger partial charge on any atom is 0.255 e. The first-order valence-corrected chi connectivity index (χ1v) is 9.59. The first-order chi connectivity index (χ1) is 12.2. The molecule has 0 atom stereocenters. The van der Waals surface area contributed by atoms with Gasteiger partial charge in [-0.15, -0.1) is 4.83 Å². The molecule has 0 spiro atoms. The monoisotopic (exact) mass is 416 g/mol. The van der Waals surface area contributed by atoms with E-state index in [9.17, 15) is 13.2 Å². The molecular formula is C14H16N4O5S3. The fourth-order valence-corrected chi connectivity index (χ4v) is 3.22. The highest BCUT2D eigenvalue weighted by Crippen LogP contribution is 2.06. The van der Waals surface area contributed by atoms with Gasteiger partial charge in [0.15, 0.2) is 21.5 Å². The molecule has 2 N–H and O–H groups in total. The average molecular weight is 417 g/mol. The number of carbonyl (C=O) groups is 1. The fourth-order valence-electron chi connectivity index (χ4n) is 1.86. The normalized spacial score (nSPS) is 11.0. The number of amides is 1. The van der Waals surface area contributed by atoms with Crippen molar-refractivity contribution < 1.29 is 22.0 Å². The number of nitrogens with one attached hydrogen (secondary N) is 2. The minimum Gasteiger partial charge on any atom is -0.462 e. The minimum absolute atomic E-state index is 0.120. The van der Waals surface area contributed by atoms with Gasteiger partial charge in [0, 0.05) is 14.1 Å². The summed E-state index contributed by atoms with van der Waals surface area (Å²) in [6, 6.07) is 6.47. The molecule has 0 saturated carbocycles. The van der Waals surface area contributed by atoms with Crippen LogP contribution in [0.1, 0.15) is 11.5 Å². The number of hydrogen-bond acceptors (Lipinski definition) is 7. The molecule has 9 nitrogen and oxygen atoms in total. The summed E-state index contributed by atoms with van der Waals surface area (Å²) in [5.41, 5.74) is 2.36. The van der Waals surface area contributed by atoms with E-state index in [1.54, 1.807) is 24.3 Å². The molecular weight excluding hydrogens is 400 g/mol. The van der Waals surface area contributed by atoms with Gasteiger partial charge < -0.3 is 8.83 Å². The van der Waals surface area contributed by atoms with E-state index in [0.29, 0.717) is 11.5 Å². The molecule has 0 radical (unpaired) electrons. The number of thiocarbonyl (C=S) groups is 2. The highest BCUT2D eigenvalue weighted by atomic mass is 32.2. The van der Waals surface area contributed by atoms with E-state index >= 15 is 0 Å². The third-order valence-electron chi connectivity index (χ3n) is 2.96. The van der Waals surface area contributed by atoms with Gasteiger partial charge in [-0.25, -0.2) is 8.42 Å². The molecule has 2 rings (SSSR count). The lowest BCUT2D eigenvalue weighted by atomic mass is 10.4. The SMILES string of the molecule is CN(NC(=O)CS(=O)(=O)NN(C)C(=S)c1ccco1)C(=S)c1ccco1. The van der Waals surface area contributed by atoms with E-state index in [2.05, 4.69) is 10.3 Å². The van der Waals surface area contributed by atoms with Crippen molar-refractivity contribution >= 4 is 50.3 Å². The summed E-state index contributed by atoms with van der Waals surface area (Å²) in [6.07, 6.45) is 2.85. The topological polar surface area (TPSA) is 108 Å². The Balaban J connectivity index is 1.90. The van der Waals surface area contributed by atoms with Crippen molar-refractivity contribution in [2.24, 2.45) is 0 Å². The maximum absolute atomic E-state index is 12.1. The van der Waals surface area contributed by atoms with E-state index in [4.69, 9.17) is 33.3 Å². The highest BCUT2D eigenvalue weighted by Gasteiger charge is 2.22. The zero-order chi connectivity index (χ0) is 19.3. The second-order valence-electron chi connectivity index (χ2n) is 5.07. The van der Waals surface area contributed by atoms with E-state index in [-0.39, 0.29) is 9.98 Å². The molecule has 2 aromatic rings. The highest BCUT2D eigenvalue weighted by molar-refractivity contribution is 7.90. The lowest BCUT2D eigenvalue weighted by molar-refractivity contribution is -0.121. The summed E-state index contributed by atoms with van der Waals surface area (Å²) < 4.78 is 34.5. The Morgan fingerprint density at radius 1 is 1.04 bits per heavy atom. The number of furan rings is 2. The molecule has 2 aromatic heterocycles. The van der Waals surface area contributed by atoms with E-state index in [0.717, 1.165) is 5.01 Å².